The highest BCUT2D eigenvalue weighted by Gasteiger charge is 2.34. The molecule has 1 heterocycles. The van der Waals surface area contributed by atoms with Crippen LogP contribution in [0, 0.1) is 5.41 Å². The summed E-state index contributed by atoms with van der Waals surface area (Å²) in [6, 6.07) is 9.68. The first kappa shape index (κ1) is 11.1. The fourth-order valence-corrected chi connectivity index (χ4v) is 2.38. The van der Waals surface area contributed by atoms with Gasteiger partial charge < -0.3 is 0 Å². The summed E-state index contributed by atoms with van der Waals surface area (Å²) in [7, 11) is 0. The van der Waals surface area contributed by atoms with Gasteiger partial charge in [0.25, 0.3) is 0 Å². The van der Waals surface area contributed by atoms with E-state index in [2.05, 4.69) is 24.0 Å². The Morgan fingerprint density at radius 3 is 2.56 bits per heavy atom. The molecular weight excluding hydrogens is 226 g/mol. The number of hydrogen-bond acceptors (Lipinski definition) is 3. The molecule has 1 aromatic carbocycles. The number of carbonyl (C=O) groups excluding carboxylic acids is 1. The van der Waals surface area contributed by atoms with Crippen molar-refractivity contribution in [2.24, 2.45) is 5.41 Å². The Labute approximate surface area is 106 Å². The van der Waals surface area contributed by atoms with Gasteiger partial charge >= 0.3 is 0 Å². The molecule has 0 unspecified atom stereocenters. The maximum Gasteiger partial charge on any atom is 0.185 e. The van der Waals surface area contributed by atoms with Gasteiger partial charge in [-0.15, -0.1) is 5.10 Å². The summed E-state index contributed by atoms with van der Waals surface area (Å²) in [6.45, 7) is 4.19. The van der Waals surface area contributed by atoms with Gasteiger partial charge in [0.2, 0.25) is 0 Å². The lowest BCUT2D eigenvalue weighted by Gasteiger charge is -2.26. The number of hydrogen-bond donors (Lipinski definition) is 0. The van der Waals surface area contributed by atoms with Crippen LogP contribution < -0.4 is 0 Å². The maximum absolute atomic E-state index is 12.0. The topological polar surface area (TPSA) is 47.8 Å². The third kappa shape index (κ3) is 1.83. The zero-order valence-corrected chi connectivity index (χ0v) is 10.6. The Morgan fingerprint density at radius 1 is 1.11 bits per heavy atom. The second-order valence-electron chi connectivity index (χ2n) is 5.56. The Hall–Kier alpha value is -1.97. The zero-order chi connectivity index (χ0) is 12.8. The second-order valence-corrected chi connectivity index (χ2v) is 5.56. The number of rotatable bonds is 1. The van der Waals surface area contributed by atoms with E-state index in [0.29, 0.717) is 12.1 Å². The largest absolute Gasteiger partial charge is 0.292 e. The number of ketones is 1. The van der Waals surface area contributed by atoms with Crippen LogP contribution in [0.25, 0.3) is 5.69 Å². The Morgan fingerprint density at radius 2 is 1.83 bits per heavy atom. The summed E-state index contributed by atoms with van der Waals surface area (Å²) in [5.41, 5.74) is 2.23. The van der Waals surface area contributed by atoms with Crippen molar-refractivity contribution in [3.05, 3.63) is 41.7 Å². The van der Waals surface area contributed by atoms with Crippen LogP contribution in [0.2, 0.25) is 0 Å². The van der Waals surface area contributed by atoms with Crippen LogP contribution in [0.5, 0.6) is 0 Å². The van der Waals surface area contributed by atoms with Crippen LogP contribution in [0.1, 0.15) is 36.5 Å². The fraction of sp³-hybridized carbons (Fsp3) is 0.357. The third-order valence-corrected chi connectivity index (χ3v) is 3.22. The Balaban J connectivity index is 2.06. The van der Waals surface area contributed by atoms with E-state index in [1.807, 2.05) is 30.3 Å². The molecule has 2 aromatic rings. The van der Waals surface area contributed by atoms with Crippen molar-refractivity contribution in [1.82, 2.24) is 15.0 Å². The molecule has 4 heteroatoms. The lowest BCUT2D eigenvalue weighted by Crippen LogP contribution is -2.26. The van der Waals surface area contributed by atoms with E-state index in [9.17, 15) is 4.79 Å². The van der Waals surface area contributed by atoms with Gasteiger partial charge in [-0.2, -0.15) is 9.90 Å². The normalized spacial score (nSPS) is 17.6. The van der Waals surface area contributed by atoms with Crippen LogP contribution >= 0.6 is 0 Å². The number of nitrogens with zero attached hydrogens (tertiary/aromatic N) is 3. The van der Waals surface area contributed by atoms with Crippen molar-refractivity contribution in [3.63, 3.8) is 0 Å². The van der Waals surface area contributed by atoms with Crippen molar-refractivity contribution in [2.75, 3.05) is 0 Å². The van der Waals surface area contributed by atoms with Gasteiger partial charge in [-0.3, -0.25) is 4.79 Å². The molecular formula is C14H15N3O. The first-order valence-corrected chi connectivity index (χ1v) is 6.10. The maximum atomic E-state index is 12.0. The average molecular weight is 241 g/mol. The third-order valence-electron chi connectivity index (χ3n) is 3.22. The van der Waals surface area contributed by atoms with Crippen molar-refractivity contribution < 1.29 is 4.79 Å². The molecule has 0 N–H and O–H groups in total. The minimum Gasteiger partial charge on any atom is -0.292 e. The molecule has 4 nitrogen and oxygen atoms in total. The molecule has 1 aliphatic rings. The summed E-state index contributed by atoms with van der Waals surface area (Å²) in [5, 5.41) is 8.78. The molecule has 3 rings (SSSR count). The van der Waals surface area contributed by atoms with Crippen LogP contribution in [0.3, 0.4) is 0 Å². The first-order chi connectivity index (χ1) is 8.55. The monoisotopic (exact) mass is 241 g/mol. The van der Waals surface area contributed by atoms with E-state index >= 15 is 0 Å². The number of benzene rings is 1. The molecule has 0 bridgehead atoms. The van der Waals surface area contributed by atoms with E-state index in [1.165, 1.54) is 0 Å². The van der Waals surface area contributed by atoms with Crippen LogP contribution in [0.4, 0.5) is 0 Å². The predicted molar refractivity (Wildman–Crippen MR) is 67.8 cm³/mol. The molecule has 0 fully saturated rings. The van der Waals surface area contributed by atoms with Crippen LogP contribution in [0.15, 0.2) is 30.3 Å². The summed E-state index contributed by atoms with van der Waals surface area (Å²) in [5.74, 6) is 0.100. The minimum atomic E-state index is -0.0123. The molecule has 0 saturated heterocycles. The molecule has 0 spiro atoms. The van der Waals surface area contributed by atoms with Crippen molar-refractivity contribution in [1.29, 1.82) is 0 Å². The highest BCUT2D eigenvalue weighted by atomic mass is 16.1. The van der Waals surface area contributed by atoms with Gasteiger partial charge in [0.15, 0.2) is 11.5 Å². The Kier molecular flexibility index (Phi) is 2.33. The van der Waals surface area contributed by atoms with E-state index in [-0.39, 0.29) is 11.2 Å². The molecule has 0 saturated carbocycles. The van der Waals surface area contributed by atoms with Crippen molar-refractivity contribution in [2.45, 2.75) is 26.7 Å². The van der Waals surface area contributed by atoms with Gasteiger partial charge in [0, 0.05) is 6.42 Å². The number of carbonyl (C=O) groups is 1. The van der Waals surface area contributed by atoms with Gasteiger partial charge in [-0.25, -0.2) is 0 Å². The van der Waals surface area contributed by atoms with Crippen molar-refractivity contribution in [3.8, 4) is 5.69 Å². The average Bonchev–Trinajstić information content (AvgIpc) is 2.72. The molecule has 18 heavy (non-hydrogen) atoms. The number of para-hydroxylation sites is 1. The molecule has 92 valence electrons. The number of fused-ring (bicyclic) bond motifs is 1. The summed E-state index contributed by atoms with van der Waals surface area (Å²) >= 11 is 0. The molecule has 1 aromatic heterocycles. The summed E-state index contributed by atoms with van der Waals surface area (Å²) < 4.78 is 0. The second kappa shape index (κ2) is 3.77. The molecule has 0 amide bonds. The highest BCUT2D eigenvalue weighted by molar-refractivity contribution is 5.96. The zero-order valence-electron chi connectivity index (χ0n) is 10.6. The van der Waals surface area contributed by atoms with Crippen LogP contribution in [-0.4, -0.2) is 20.8 Å². The van der Waals surface area contributed by atoms with E-state index in [1.54, 1.807) is 4.80 Å². The van der Waals surface area contributed by atoms with E-state index in [4.69, 9.17) is 0 Å². The molecule has 1 aliphatic carbocycles. The summed E-state index contributed by atoms with van der Waals surface area (Å²) in [6.07, 6.45) is 1.36. The van der Waals surface area contributed by atoms with Crippen molar-refractivity contribution >= 4 is 5.78 Å². The lowest BCUT2D eigenvalue weighted by atomic mass is 9.77. The minimum absolute atomic E-state index is 0.0123. The molecule has 0 aliphatic heterocycles. The lowest BCUT2D eigenvalue weighted by molar-refractivity contribution is 0.0906. The quantitative estimate of drug-likeness (QED) is 0.770. The predicted octanol–water partition coefficient (Wildman–Crippen LogP) is 2.42. The number of Topliss-reactive ketones (excluding diaryl/α,β-unsaturated/α-hetero) is 1. The Bertz CT molecular complexity index is 599. The van der Waals surface area contributed by atoms with Crippen LogP contribution in [-0.2, 0) is 6.42 Å². The first-order valence-electron chi connectivity index (χ1n) is 6.10. The SMILES string of the molecule is CC1(C)CC(=O)c2nn(-c3ccccc3)nc2C1. The highest BCUT2D eigenvalue weighted by Crippen LogP contribution is 2.33. The summed E-state index contributed by atoms with van der Waals surface area (Å²) in [4.78, 5) is 13.6. The van der Waals surface area contributed by atoms with E-state index in [0.717, 1.165) is 17.8 Å². The van der Waals surface area contributed by atoms with Gasteiger partial charge in [-0.1, -0.05) is 32.0 Å². The van der Waals surface area contributed by atoms with Gasteiger partial charge in [0.1, 0.15) is 0 Å². The molecule has 0 radical (unpaired) electrons. The van der Waals surface area contributed by atoms with Gasteiger partial charge in [0.05, 0.1) is 11.4 Å². The smallest absolute Gasteiger partial charge is 0.185 e. The molecule has 0 atom stereocenters. The standard InChI is InChI=1S/C14H15N3O/c1-14(2)8-11-13(12(18)9-14)16-17(15-11)10-6-4-3-5-7-10/h3-7H,8-9H2,1-2H3. The fourth-order valence-electron chi connectivity index (χ4n) is 2.38. The number of aromatic nitrogens is 3. The van der Waals surface area contributed by atoms with Gasteiger partial charge in [-0.05, 0) is 24.0 Å². The van der Waals surface area contributed by atoms with E-state index < -0.39 is 0 Å².